The highest BCUT2D eigenvalue weighted by molar-refractivity contribution is 4.81. The first kappa shape index (κ1) is 33.9. The number of rotatable bonds is 22. The maximum Gasteiger partial charge on any atom is 0.111 e. The van der Waals surface area contributed by atoms with E-state index in [1.165, 1.54) is 103 Å². The molecule has 0 saturated carbocycles. The van der Waals surface area contributed by atoms with Crippen molar-refractivity contribution in [2.75, 3.05) is 26.7 Å². The lowest BCUT2D eigenvalue weighted by atomic mass is 10.0. The van der Waals surface area contributed by atoms with E-state index in [4.69, 9.17) is 26.2 Å². The first-order chi connectivity index (χ1) is 15.5. The van der Waals surface area contributed by atoms with Crippen LogP contribution in [-0.2, 0) is 0 Å². The molecule has 0 saturated heterocycles. The molecular formula is C25H56N2O5. The molecule has 0 aliphatic rings. The van der Waals surface area contributed by atoms with E-state index in [-0.39, 0.29) is 6.54 Å². The third-order valence-electron chi connectivity index (χ3n) is 5.80. The van der Waals surface area contributed by atoms with Gasteiger partial charge in [0.15, 0.2) is 0 Å². The Balaban J connectivity index is 0. The van der Waals surface area contributed by atoms with E-state index >= 15 is 0 Å². The van der Waals surface area contributed by atoms with Crippen molar-refractivity contribution in [3.05, 3.63) is 0 Å². The van der Waals surface area contributed by atoms with Gasteiger partial charge in [0.1, 0.15) is 18.3 Å². The van der Waals surface area contributed by atoms with Crippen LogP contribution < -0.4 is 11.1 Å². The van der Waals surface area contributed by atoms with Crippen molar-refractivity contribution in [3.63, 3.8) is 0 Å². The Kier molecular flexibility index (Phi) is 28.6. The van der Waals surface area contributed by atoms with E-state index < -0.39 is 31.0 Å². The number of aliphatic hydroxyl groups excluding tert-OH is 5. The summed E-state index contributed by atoms with van der Waals surface area (Å²) in [6.45, 7) is 2.59. The highest BCUT2D eigenvalue weighted by Gasteiger charge is 2.29. The van der Waals surface area contributed by atoms with Gasteiger partial charge < -0.3 is 36.6 Å². The van der Waals surface area contributed by atoms with Gasteiger partial charge in [0.25, 0.3) is 0 Å². The molecule has 0 aliphatic carbocycles. The summed E-state index contributed by atoms with van der Waals surface area (Å²) < 4.78 is 0. The molecule has 0 aromatic rings. The van der Waals surface area contributed by atoms with Crippen LogP contribution in [0.25, 0.3) is 0 Å². The molecule has 196 valence electrons. The number of nitrogens with one attached hydrogen (secondary N) is 1. The van der Waals surface area contributed by atoms with Crippen LogP contribution in [0.3, 0.4) is 0 Å². The molecule has 8 N–H and O–H groups in total. The quantitative estimate of drug-likeness (QED) is 0.122. The summed E-state index contributed by atoms with van der Waals surface area (Å²) in [5.41, 5.74) is 5.48. The summed E-state index contributed by atoms with van der Waals surface area (Å²) in [6.07, 6.45) is 17.2. The average Bonchev–Trinajstić information content (AvgIpc) is 2.80. The maximum absolute atomic E-state index is 9.21. The second-order valence-corrected chi connectivity index (χ2v) is 8.95. The molecule has 0 radical (unpaired) electrons. The van der Waals surface area contributed by atoms with Crippen LogP contribution in [0.4, 0.5) is 0 Å². The van der Waals surface area contributed by atoms with Crippen LogP contribution in [0.5, 0.6) is 0 Å². The highest BCUT2D eigenvalue weighted by atomic mass is 16.4. The van der Waals surface area contributed by atoms with E-state index in [0.717, 1.165) is 6.54 Å². The summed E-state index contributed by atoms with van der Waals surface area (Å²) >= 11 is 0. The predicted octanol–water partition coefficient (Wildman–Crippen LogP) is 2.85. The van der Waals surface area contributed by atoms with Crippen molar-refractivity contribution < 1.29 is 25.5 Å². The molecule has 0 spiro atoms. The zero-order valence-electron chi connectivity index (χ0n) is 21.1. The first-order valence-electron chi connectivity index (χ1n) is 13.1. The number of likely N-dealkylation sites (N-methyl/N-ethyl adjacent to an activating group) is 1. The maximum atomic E-state index is 9.21. The molecule has 0 amide bonds. The van der Waals surface area contributed by atoms with Crippen LogP contribution in [0, 0.1) is 0 Å². The molecular weight excluding hydrogens is 408 g/mol. The van der Waals surface area contributed by atoms with Crippen LogP contribution in [0.1, 0.15) is 110 Å². The van der Waals surface area contributed by atoms with Crippen LogP contribution in [0.2, 0.25) is 0 Å². The predicted molar refractivity (Wildman–Crippen MR) is 134 cm³/mol. The zero-order chi connectivity index (χ0) is 24.5. The first-order valence-corrected chi connectivity index (χ1v) is 13.1. The topological polar surface area (TPSA) is 139 Å². The number of aliphatic hydroxyl groups is 5. The summed E-state index contributed by atoms with van der Waals surface area (Å²) in [5.74, 6) is 0. The molecule has 4 atom stereocenters. The molecule has 32 heavy (non-hydrogen) atoms. The van der Waals surface area contributed by atoms with Crippen molar-refractivity contribution >= 4 is 0 Å². The fraction of sp³-hybridized carbons (Fsp3) is 1.00. The number of nitrogens with two attached hydrogens (primary N) is 1. The third-order valence-corrected chi connectivity index (χ3v) is 5.80. The lowest BCUT2D eigenvalue weighted by molar-refractivity contribution is -0.113. The van der Waals surface area contributed by atoms with Gasteiger partial charge in [-0.3, -0.25) is 0 Å². The highest BCUT2D eigenvalue weighted by Crippen LogP contribution is 2.13. The Hall–Kier alpha value is -0.280. The van der Waals surface area contributed by atoms with Gasteiger partial charge in [0.2, 0.25) is 0 Å². The standard InChI is InChI=1S/C18H39N.C7H17NO5/c1-2-3-4-5-6-7-8-9-10-11-12-13-14-15-16-17-18-19;1-8-2-4(10)6(12)7(13)5(11)3-9/h2-19H2,1H3;4-13H,2-3H2,1H3. The molecule has 0 aromatic heterocycles. The van der Waals surface area contributed by atoms with Gasteiger partial charge in [-0.1, -0.05) is 103 Å². The molecule has 0 aromatic carbocycles. The van der Waals surface area contributed by atoms with Gasteiger partial charge in [0, 0.05) is 6.54 Å². The van der Waals surface area contributed by atoms with Crippen molar-refractivity contribution in [2.24, 2.45) is 5.73 Å². The Morgan fingerprint density at radius 2 is 0.938 bits per heavy atom. The van der Waals surface area contributed by atoms with E-state index in [1.54, 1.807) is 7.05 Å². The van der Waals surface area contributed by atoms with Crippen molar-refractivity contribution in [3.8, 4) is 0 Å². The zero-order valence-corrected chi connectivity index (χ0v) is 21.1. The summed E-state index contributed by atoms with van der Waals surface area (Å²) in [7, 11) is 1.57. The third kappa shape index (κ3) is 22.9. The lowest BCUT2D eigenvalue weighted by Gasteiger charge is -2.25. The second kappa shape index (κ2) is 27.0. The summed E-state index contributed by atoms with van der Waals surface area (Å²) in [6, 6.07) is 0. The lowest BCUT2D eigenvalue weighted by Crippen LogP contribution is -2.48. The molecule has 0 aliphatic heterocycles. The normalized spacial score (nSPS) is 15.0. The fourth-order valence-corrected chi connectivity index (χ4v) is 3.59. The number of hydrogen-bond acceptors (Lipinski definition) is 7. The largest absolute Gasteiger partial charge is 0.394 e. The minimum Gasteiger partial charge on any atom is -0.394 e. The Morgan fingerprint density at radius 1 is 0.594 bits per heavy atom. The van der Waals surface area contributed by atoms with Gasteiger partial charge in [-0.2, -0.15) is 0 Å². The van der Waals surface area contributed by atoms with Gasteiger partial charge >= 0.3 is 0 Å². The van der Waals surface area contributed by atoms with Crippen LogP contribution >= 0.6 is 0 Å². The summed E-state index contributed by atoms with van der Waals surface area (Å²) in [4.78, 5) is 0. The Bertz CT molecular complexity index is 334. The Morgan fingerprint density at radius 3 is 1.25 bits per heavy atom. The van der Waals surface area contributed by atoms with Gasteiger partial charge in [-0.05, 0) is 20.0 Å². The van der Waals surface area contributed by atoms with Crippen molar-refractivity contribution in [1.29, 1.82) is 0 Å². The number of hydrogen-bond donors (Lipinski definition) is 7. The van der Waals surface area contributed by atoms with E-state index in [1.807, 2.05) is 0 Å². The van der Waals surface area contributed by atoms with Gasteiger partial charge in [0.05, 0.1) is 12.7 Å². The Labute approximate surface area is 197 Å². The molecule has 0 bridgehead atoms. The van der Waals surface area contributed by atoms with Gasteiger partial charge in [-0.15, -0.1) is 0 Å². The van der Waals surface area contributed by atoms with E-state index in [2.05, 4.69) is 12.2 Å². The van der Waals surface area contributed by atoms with E-state index in [9.17, 15) is 5.11 Å². The molecule has 4 unspecified atom stereocenters. The smallest absolute Gasteiger partial charge is 0.111 e. The molecule has 0 heterocycles. The second-order valence-electron chi connectivity index (χ2n) is 8.95. The van der Waals surface area contributed by atoms with Gasteiger partial charge in [-0.25, -0.2) is 0 Å². The molecule has 7 nitrogen and oxygen atoms in total. The van der Waals surface area contributed by atoms with E-state index in [0.29, 0.717) is 0 Å². The van der Waals surface area contributed by atoms with Crippen LogP contribution in [-0.4, -0.2) is 76.7 Å². The molecule has 0 rings (SSSR count). The number of unbranched alkanes of at least 4 members (excludes halogenated alkanes) is 15. The van der Waals surface area contributed by atoms with Crippen molar-refractivity contribution in [2.45, 2.75) is 134 Å². The fourth-order valence-electron chi connectivity index (χ4n) is 3.59. The van der Waals surface area contributed by atoms with Crippen LogP contribution in [0.15, 0.2) is 0 Å². The SMILES string of the molecule is CCCCCCCCCCCCCCCCCCN.CNCC(O)C(O)C(O)C(O)CO. The van der Waals surface area contributed by atoms with Crippen molar-refractivity contribution in [1.82, 2.24) is 5.32 Å². The molecule has 7 heteroatoms. The summed E-state index contributed by atoms with van der Waals surface area (Å²) in [5, 5.41) is 47.5. The minimum absolute atomic E-state index is 0.0936. The minimum atomic E-state index is -1.55. The average molecular weight is 465 g/mol. The molecule has 0 fully saturated rings. The monoisotopic (exact) mass is 464 g/mol.